The lowest BCUT2D eigenvalue weighted by molar-refractivity contribution is -0.137. The van der Waals surface area contributed by atoms with Gasteiger partial charge in [0.2, 0.25) is 0 Å². The van der Waals surface area contributed by atoms with Crippen LogP contribution in [0, 0.1) is 10.8 Å². The van der Waals surface area contributed by atoms with Crippen molar-refractivity contribution in [3.63, 3.8) is 0 Å². The van der Waals surface area contributed by atoms with Gasteiger partial charge < -0.3 is 9.90 Å². The van der Waals surface area contributed by atoms with E-state index in [2.05, 4.69) is 20.8 Å². The Morgan fingerprint density at radius 3 is 1.39 bits per heavy atom. The van der Waals surface area contributed by atoms with Gasteiger partial charge in [0, 0.05) is 12.8 Å². The van der Waals surface area contributed by atoms with E-state index in [1.807, 2.05) is 20.8 Å². The Bertz CT molecular complexity index is 241. The fourth-order valence-corrected chi connectivity index (χ4v) is 1.23. The normalized spacial score (nSPS) is 10.8. The maximum Gasteiger partial charge on any atom is 0.303 e. The highest BCUT2D eigenvalue weighted by Gasteiger charge is 2.12. The fraction of sp³-hybridized carbons (Fsp3) is 0.867. The SMILES string of the molecule is C.CC(=O)CC(C)(C)C.CC(C)(C)CCC(=O)O. The summed E-state index contributed by atoms with van der Waals surface area (Å²) in [5, 5.41) is 8.28. The lowest BCUT2D eigenvalue weighted by atomic mass is 9.91. The zero-order chi connectivity index (χ0) is 14.3. The minimum atomic E-state index is -0.704. The van der Waals surface area contributed by atoms with Crippen LogP contribution in [0.2, 0.25) is 0 Å². The van der Waals surface area contributed by atoms with Crippen molar-refractivity contribution in [2.24, 2.45) is 10.8 Å². The van der Waals surface area contributed by atoms with Crippen molar-refractivity contribution >= 4 is 11.8 Å². The molecule has 1 N–H and O–H groups in total. The molecule has 0 radical (unpaired) electrons. The van der Waals surface area contributed by atoms with Crippen molar-refractivity contribution in [1.29, 1.82) is 0 Å². The van der Waals surface area contributed by atoms with E-state index >= 15 is 0 Å². The van der Waals surface area contributed by atoms with Crippen molar-refractivity contribution in [2.75, 3.05) is 0 Å². The molecule has 0 aliphatic carbocycles. The number of carboxylic acid groups (broad SMARTS) is 1. The van der Waals surface area contributed by atoms with E-state index in [9.17, 15) is 9.59 Å². The number of rotatable bonds is 3. The smallest absolute Gasteiger partial charge is 0.303 e. The third-order valence-electron chi connectivity index (χ3n) is 1.87. The van der Waals surface area contributed by atoms with Crippen molar-refractivity contribution in [3.8, 4) is 0 Å². The molecule has 0 aromatic rings. The lowest BCUT2D eigenvalue weighted by Crippen LogP contribution is -2.09. The molecular weight excluding hydrogens is 228 g/mol. The quantitative estimate of drug-likeness (QED) is 0.810. The van der Waals surface area contributed by atoms with Gasteiger partial charge >= 0.3 is 5.97 Å². The Labute approximate surface area is 113 Å². The third kappa shape index (κ3) is 29.4. The van der Waals surface area contributed by atoms with Gasteiger partial charge in [-0.1, -0.05) is 49.0 Å². The monoisotopic (exact) mass is 260 g/mol. The molecule has 0 bridgehead atoms. The van der Waals surface area contributed by atoms with E-state index in [0.29, 0.717) is 6.42 Å². The van der Waals surface area contributed by atoms with Crippen LogP contribution in [0.5, 0.6) is 0 Å². The first-order valence-electron chi connectivity index (χ1n) is 6.05. The molecule has 0 heterocycles. The molecule has 3 nitrogen and oxygen atoms in total. The summed E-state index contributed by atoms with van der Waals surface area (Å²) in [6.07, 6.45) is 1.72. The standard InChI is InChI=1S/C7H14O2.C7H14O.CH4/c1-7(2,3)5-4-6(8)9;1-6(8)5-7(2,3)4;/h4-5H2,1-3H3,(H,8,9);5H2,1-4H3;1H4. The molecule has 0 aromatic carbocycles. The number of aliphatic carboxylic acids is 1. The highest BCUT2D eigenvalue weighted by molar-refractivity contribution is 5.76. The van der Waals surface area contributed by atoms with E-state index in [-0.39, 0.29) is 30.5 Å². The van der Waals surface area contributed by atoms with Gasteiger partial charge in [0.1, 0.15) is 5.78 Å². The Morgan fingerprint density at radius 1 is 0.944 bits per heavy atom. The first-order valence-corrected chi connectivity index (χ1v) is 6.05. The Hall–Kier alpha value is -0.860. The van der Waals surface area contributed by atoms with Gasteiger partial charge in [0.15, 0.2) is 0 Å². The maximum absolute atomic E-state index is 10.5. The molecule has 0 rings (SSSR count). The molecular formula is C15H32O3. The molecule has 0 fully saturated rings. The van der Waals surface area contributed by atoms with Crippen molar-refractivity contribution in [2.45, 2.75) is 75.2 Å². The minimum absolute atomic E-state index is 0. The van der Waals surface area contributed by atoms with Gasteiger partial charge in [-0.2, -0.15) is 0 Å². The minimum Gasteiger partial charge on any atom is -0.481 e. The second-order valence-electron chi connectivity index (χ2n) is 6.89. The lowest BCUT2D eigenvalue weighted by Gasteiger charge is -2.15. The number of carbonyl (C=O) groups is 2. The summed E-state index contributed by atoms with van der Waals surface area (Å²) in [5.41, 5.74) is 0.324. The number of hydrogen-bond acceptors (Lipinski definition) is 2. The Kier molecular flexibility index (Phi) is 11.3. The zero-order valence-electron chi connectivity index (χ0n) is 12.4. The molecule has 0 saturated carbocycles. The number of carbonyl (C=O) groups excluding carboxylic acids is 1. The van der Waals surface area contributed by atoms with Gasteiger partial charge in [-0.15, -0.1) is 0 Å². The molecule has 0 spiro atoms. The predicted molar refractivity (Wildman–Crippen MR) is 77.8 cm³/mol. The molecule has 0 unspecified atom stereocenters. The molecule has 0 aliphatic heterocycles. The Balaban J connectivity index is -0.000000238. The second-order valence-corrected chi connectivity index (χ2v) is 6.89. The summed E-state index contributed by atoms with van der Waals surface area (Å²) in [6.45, 7) is 13.9. The summed E-state index contributed by atoms with van der Waals surface area (Å²) in [7, 11) is 0. The molecule has 0 atom stereocenters. The van der Waals surface area contributed by atoms with E-state index < -0.39 is 5.97 Å². The van der Waals surface area contributed by atoms with Crippen LogP contribution in [0.1, 0.15) is 75.2 Å². The van der Waals surface area contributed by atoms with Gasteiger partial charge in [0.05, 0.1) is 0 Å². The molecule has 0 amide bonds. The van der Waals surface area contributed by atoms with Crippen LogP contribution in [0.4, 0.5) is 0 Å². The topological polar surface area (TPSA) is 54.4 Å². The van der Waals surface area contributed by atoms with E-state index in [4.69, 9.17) is 5.11 Å². The predicted octanol–water partition coefficient (Wildman–Crippen LogP) is 4.55. The van der Waals surface area contributed by atoms with Crippen LogP contribution in [-0.2, 0) is 9.59 Å². The van der Waals surface area contributed by atoms with Crippen molar-refractivity contribution in [1.82, 2.24) is 0 Å². The first-order chi connectivity index (χ1) is 7.33. The average molecular weight is 260 g/mol. The molecule has 18 heavy (non-hydrogen) atoms. The zero-order valence-corrected chi connectivity index (χ0v) is 12.4. The molecule has 3 heteroatoms. The third-order valence-corrected chi connectivity index (χ3v) is 1.87. The average Bonchev–Trinajstić information content (AvgIpc) is 1.95. The van der Waals surface area contributed by atoms with Crippen LogP contribution in [0.25, 0.3) is 0 Å². The molecule has 0 aliphatic rings. The van der Waals surface area contributed by atoms with Gasteiger partial charge in [-0.3, -0.25) is 4.79 Å². The van der Waals surface area contributed by atoms with Gasteiger partial charge in [-0.25, -0.2) is 0 Å². The van der Waals surface area contributed by atoms with Crippen LogP contribution in [0.3, 0.4) is 0 Å². The maximum atomic E-state index is 10.5. The van der Waals surface area contributed by atoms with Crippen molar-refractivity contribution in [3.05, 3.63) is 0 Å². The van der Waals surface area contributed by atoms with E-state index in [1.165, 1.54) is 0 Å². The van der Waals surface area contributed by atoms with Crippen LogP contribution in [-0.4, -0.2) is 16.9 Å². The largest absolute Gasteiger partial charge is 0.481 e. The number of hydrogen-bond donors (Lipinski definition) is 1. The number of carboxylic acids is 1. The van der Waals surface area contributed by atoms with Crippen LogP contribution < -0.4 is 0 Å². The fourth-order valence-electron chi connectivity index (χ4n) is 1.23. The van der Waals surface area contributed by atoms with Gasteiger partial charge in [0.25, 0.3) is 0 Å². The molecule has 0 aromatic heterocycles. The first kappa shape index (κ1) is 22.3. The van der Waals surface area contributed by atoms with E-state index in [0.717, 1.165) is 6.42 Å². The summed E-state index contributed by atoms with van der Waals surface area (Å²) in [4.78, 5) is 20.5. The Morgan fingerprint density at radius 2 is 1.33 bits per heavy atom. The van der Waals surface area contributed by atoms with Crippen LogP contribution >= 0.6 is 0 Å². The molecule has 110 valence electrons. The van der Waals surface area contributed by atoms with Crippen molar-refractivity contribution < 1.29 is 14.7 Å². The summed E-state index contributed by atoms with van der Waals surface area (Å²) >= 11 is 0. The molecule has 0 saturated heterocycles. The summed E-state index contributed by atoms with van der Waals surface area (Å²) in [6, 6.07) is 0. The summed E-state index contributed by atoms with van der Waals surface area (Å²) < 4.78 is 0. The summed E-state index contributed by atoms with van der Waals surface area (Å²) in [5.74, 6) is -0.428. The number of ketones is 1. The van der Waals surface area contributed by atoms with Crippen LogP contribution in [0.15, 0.2) is 0 Å². The van der Waals surface area contributed by atoms with Gasteiger partial charge in [-0.05, 0) is 24.2 Å². The highest BCUT2D eigenvalue weighted by Crippen LogP contribution is 2.20. The van der Waals surface area contributed by atoms with E-state index in [1.54, 1.807) is 6.92 Å². The highest BCUT2D eigenvalue weighted by atomic mass is 16.4. The number of Topliss-reactive ketones (excluding diaryl/α,β-unsaturated/α-hetero) is 1. The second kappa shape index (κ2) is 9.12.